The van der Waals surface area contributed by atoms with Crippen molar-refractivity contribution in [2.24, 2.45) is 0 Å². The second-order valence-electron chi connectivity index (χ2n) is 14.1. The van der Waals surface area contributed by atoms with E-state index in [1.807, 2.05) is 177 Å². The van der Waals surface area contributed by atoms with Crippen LogP contribution in [0.2, 0.25) is 0 Å². The van der Waals surface area contributed by atoms with Crippen LogP contribution >= 0.6 is 0 Å². The van der Waals surface area contributed by atoms with Gasteiger partial charge in [-0.25, -0.2) is 0 Å². The van der Waals surface area contributed by atoms with E-state index in [4.69, 9.17) is 9.05 Å². The molecule has 2 heterocycles. The smallest absolute Gasteiger partial charge is 0.168 e. The summed E-state index contributed by atoms with van der Waals surface area (Å²) in [4.78, 5) is 26.2. The third kappa shape index (κ3) is 13.8. The fourth-order valence-electron chi connectivity index (χ4n) is 7.19. The predicted molar refractivity (Wildman–Crippen MR) is 248 cm³/mol. The summed E-state index contributed by atoms with van der Waals surface area (Å²) in [7, 11) is 0. The van der Waals surface area contributed by atoms with Gasteiger partial charge in [-0.3, -0.25) is 9.59 Å². The quantitative estimate of drug-likeness (QED) is 0.0990. The Hall–Kier alpha value is -6.38. The highest BCUT2D eigenvalue weighted by Gasteiger charge is 2.36. The highest BCUT2D eigenvalue weighted by atomic mass is 16.5. The van der Waals surface area contributed by atoms with Crippen LogP contribution in [0.1, 0.15) is 184 Å². The van der Waals surface area contributed by atoms with Gasteiger partial charge in [0.05, 0.1) is 47.5 Å². The first-order chi connectivity index (χ1) is 30.6. The van der Waals surface area contributed by atoms with Gasteiger partial charge in [-0.15, -0.1) is 0 Å². The van der Waals surface area contributed by atoms with Crippen LogP contribution in [0.25, 0.3) is 0 Å². The number of rotatable bonds is 14. The van der Waals surface area contributed by atoms with E-state index in [0.29, 0.717) is 34.5 Å². The van der Waals surface area contributed by atoms with Crippen LogP contribution in [0.5, 0.6) is 0 Å². The van der Waals surface area contributed by atoms with Crippen molar-refractivity contribution in [3.63, 3.8) is 0 Å². The first kappa shape index (κ1) is 50.0. The van der Waals surface area contributed by atoms with Crippen molar-refractivity contribution in [3.8, 4) is 12.1 Å². The van der Waals surface area contributed by atoms with Crippen molar-refractivity contribution < 1.29 is 18.6 Å². The summed E-state index contributed by atoms with van der Waals surface area (Å²) in [6.07, 6.45) is 7.73. The van der Waals surface area contributed by atoms with Crippen LogP contribution in [0.4, 0.5) is 0 Å². The van der Waals surface area contributed by atoms with Crippen molar-refractivity contribution in [2.75, 3.05) is 0 Å². The predicted octanol–water partition coefficient (Wildman–Crippen LogP) is 14.5. The average molecular weight is 833 g/mol. The van der Waals surface area contributed by atoms with Crippen molar-refractivity contribution in [2.45, 2.75) is 129 Å². The Labute approximate surface area is 370 Å². The Kier molecular flexibility index (Phi) is 22.1. The minimum absolute atomic E-state index is 0.0109. The molecule has 8 heteroatoms. The lowest BCUT2D eigenvalue weighted by Crippen LogP contribution is -2.15. The molecule has 0 unspecified atom stereocenters. The lowest BCUT2D eigenvalue weighted by Gasteiger charge is -2.22. The summed E-state index contributed by atoms with van der Waals surface area (Å²) in [6, 6.07) is 43.8. The van der Waals surface area contributed by atoms with Crippen molar-refractivity contribution in [3.05, 3.63) is 179 Å². The van der Waals surface area contributed by atoms with Gasteiger partial charge in [0.2, 0.25) is 0 Å². The minimum atomic E-state index is -0.401. The maximum atomic E-state index is 13.1. The molecule has 8 nitrogen and oxygen atoms in total. The monoisotopic (exact) mass is 832 g/mol. The number of ketones is 2. The number of aromatic nitrogens is 2. The number of carbonyl (C=O) groups is 2. The second-order valence-corrected chi connectivity index (χ2v) is 14.1. The number of nitriles is 2. The minimum Gasteiger partial charge on any atom is -0.360 e. The molecular formula is C54H64N4O4. The number of benzene rings is 4. The molecule has 324 valence electrons. The molecule has 0 amide bonds. The van der Waals surface area contributed by atoms with Gasteiger partial charge in [-0.1, -0.05) is 187 Å². The van der Waals surface area contributed by atoms with E-state index in [0.717, 1.165) is 47.9 Å². The summed E-state index contributed by atoms with van der Waals surface area (Å²) in [5, 5.41) is 27.5. The third-order valence-corrected chi connectivity index (χ3v) is 10.4. The number of nitrogens with zero attached hydrogens (tertiary/aromatic N) is 4. The number of carbonyl (C=O) groups excluding carboxylic acids is 2. The van der Waals surface area contributed by atoms with Crippen molar-refractivity contribution in [1.29, 1.82) is 10.5 Å². The van der Waals surface area contributed by atoms with Crippen LogP contribution in [0.15, 0.2) is 143 Å². The van der Waals surface area contributed by atoms with Gasteiger partial charge in [0.25, 0.3) is 0 Å². The van der Waals surface area contributed by atoms with E-state index in [1.54, 1.807) is 0 Å². The lowest BCUT2D eigenvalue weighted by molar-refractivity contribution is 0.0961. The molecule has 4 aromatic carbocycles. The van der Waals surface area contributed by atoms with Gasteiger partial charge >= 0.3 is 0 Å². The van der Waals surface area contributed by atoms with Crippen molar-refractivity contribution in [1.82, 2.24) is 10.3 Å². The Bertz CT molecular complexity index is 2070. The molecule has 0 N–H and O–H groups in total. The molecule has 0 spiro atoms. The number of hydrogen-bond acceptors (Lipinski definition) is 8. The van der Waals surface area contributed by atoms with Crippen LogP contribution in [-0.2, 0) is 0 Å². The van der Waals surface area contributed by atoms with E-state index in [1.165, 1.54) is 12.4 Å². The zero-order valence-corrected chi connectivity index (χ0v) is 37.8. The fraction of sp³-hybridized carbons (Fsp3) is 0.370. The molecule has 6 aromatic rings. The van der Waals surface area contributed by atoms with E-state index in [9.17, 15) is 20.1 Å². The molecule has 0 aliphatic heterocycles. The average Bonchev–Trinajstić information content (AvgIpc) is 4.29. The molecular weight excluding hydrogens is 769 g/mol. The molecule has 4 atom stereocenters. The SMILES string of the molecule is CC.CC.CC.CC.N#C[C@@H](c1ccccc1)[C@@H](CC(=O)c1cnoc1C1CC1)c1ccccc1.N#C[C@H](c1ccccc1)[C@H](CC(=O)c1cnoc1C1CC1)c1ccccc1. The van der Waals surface area contributed by atoms with E-state index in [2.05, 4.69) is 22.5 Å². The number of Topliss-reactive ketones (excluding diaryl/α,β-unsaturated/α-hetero) is 2. The topological polar surface area (TPSA) is 134 Å². The van der Waals surface area contributed by atoms with E-state index in [-0.39, 0.29) is 36.2 Å². The Morgan fingerprint density at radius 1 is 0.500 bits per heavy atom. The normalized spacial score (nSPS) is 14.0. The maximum Gasteiger partial charge on any atom is 0.168 e. The summed E-state index contributed by atoms with van der Waals surface area (Å²) in [5.41, 5.74) is 4.98. The van der Waals surface area contributed by atoms with Gasteiger partial charge in [0.1, 0.15) is 0 Å². The van der Waals surface area contributed by atoms with Gasteiger partial charge in [0.15, 0.2) is 23.1 Å². The Morgan fingerprint density at radius 2 is 0.774 bits per heavy atom. The molecule has 8 rings (SSSR count). The summed E-state index contributed by atoms with van der Waals surface area (Å²) in [5.74, 6) is 0.779. The van der Waals surface area contributed by atoms with E-state index < -0.39 is 11.8 Å². The Morgan fingerprint density at radius 3 is 1.03 bits per heavy atom. The lowest BCUT2D eigenvalue weighted by atomic mass is 9.78. The molecule has 2 saturated carbocycles. The molecule has 2 aliphatic rings. The summed E-state index contributed by atoms with van der Waals surface area (Å²) >= 11 is 0. The van der Waals surface area contributed by atoms with Gasteiger partial charge < -0.3 is 9.05 Å². The van der Waals surface area contributed by atoms with Gasteiger partial charge in [-0.05, 0) is 47.9 Å². The van der Waals surface area contributed by atoms with Crippen LogP contribution in [0.3, 0.4) is 0 Å². The van der Waals surface area contributed by atoms with Crippen molar-refractivity contribution >= 4 is 11.6 Å². The maximum absolute atomic E-state index is 13.1. The third-order valence-electron chi connectivity index (χ3n) is 10.4. The molecule has 0 radical (unpaired) electrons. The Balaban J connectivity index is 0.000000285. The largest absolute Gasteiger partial charge is 0.360 e. The van der Waals surface area contributed by atoms with Crippen LogP contribution < -0.4 is 0 Å². The zero-order chi connectivity index (χ0) is 45.3. The molecule has 0 saturated heterocycles. The standard InChI is InChI=1S/2C23H20N2O2.4C2H6/c2*24-14-20(17-9-5-2-6-10-17)19(16-7-3-1-4-8-16)13-22(26)21-15-25-27-23(21)18-11-12-18;4*1-2/h2*1-10,15,18-20H,11-13H2;4*1-2H3/t2*19-,20-;;;;/m10..../s1. The first-order valence-electron chi connectivity index (χ1n) is 22.5. The van der Waals surface area contributed by atoms with Crippen LogP contribution in [-0.4, -0.2) is 21.9 Å². The number of hydrogen-bond donors (Lipinski definition) is 0. The molecule has 2 fully saturated rings. The molecule has 62 heavy (non-hydrogen) atoms. The zero-order valence-electron chi connectivity index (χ0n) is 37.8. The van der Waals surface area contributed by atoms with E-state index >= 15 is 0 Å². The summed E-state index contributed by atoms with van der Waals surface area (Å²) in [6.45, 7) is 16.0. The highest BCUT2D eigenvalue weighted by molar-refractivity contribution is 5.98. The van der Waals surface area contributed by atoms with Crippen LogP contribution in [0, 0.1) is 22.7 Å². The first-order valence-corrected chi connectivity index (χ1v) is 22.5. The highest BCUT2D eigenvalue weighted by Crippen LogP contribution is 2.44. The fourth-order valence-corrected chi connectivity index (χ4v) is 7.19. The second kappa shape index (κ2) is 27.5. The molecule has 2 aromatic heterocycles. The molecule has 0 bridgehead atoms. The van der Waals surface area contributed by atoms with Gasteiger partial charge in [0, 0.05) is 36.5 Å². The van der Waals surface area contributed by atoms with Gasteiger partial charge in [-0.2, -0.15) is 10.5 Å². The molecule has 2 aliphatic carbocycles. The summed E-state index contributed by atoms with van der Waals surface area (Å²) < 4.78 is 10.7.